The van der Waals surface area contributed by atoms with E-state index >= 15 is 0 Å². The predicted molar refractivity (Wildman–Crippen MR) is 121 cm³/mol. The molecule has 8 nitrogen and oxygen atoms in total. The van der Waals surface area contributed by atoms with Gasteiger partial charge in [-0.05, 0) is 56.9 Å². The zero-order valence-corrected chi connectivity index (χ0v) is 19.0. The quantitative estimate of drug-likeness (QED) is 0.561. The number of benzene rings is 2. The van der Waals surface area contributed by atoms with E-state index in [1.165, 1.54) is 10.4 Å². The summed E-state index contributed by atoms with van der Waals surface area (Å²) in [5, 5.41) is 3.94. The minimum atomic E-state index is -3.82. The van der Waals surface area contributed by atoms with Crippen molar-refractivity contribution in [3.63, 3.8) is 0 Å². The molecular weight excluding hydrogens is 428 g/mol. The van der Waals surface area contributed by atoms with Crippen LogP contribution in [0.15, 0.2) is 57.9 Å². The largest absolute Gasteiger partial charge is 0.334 e. The van der Waals surface area contributed by atoms with Crippen LogP contribution in [0.1, 0.15) is 42.4 Å². The van der Waals surface area contributed by atoms with Crippen LogP contribution in [0.2, 0.25) is 0 Å². The van der Waals surface area contributed by atoms with Gasteiger partial charge >= 0.3 is 11.8 Å². The molecule has 1 aliphatic rings. The lowest BCUT2D eigenvalue weighted by Crippen LogP contribution is -2.35. The second-order valence-corrected chi connectivity index (χ2v) is 9.59. The highest BCUT2D eigenvalue weighted by atomic mass is 32.2. The molecule has 1 aliphatic heterocycles. The van der Waals surface area contributed by atoms with E-state index in [4.69, 9.17) is 4.52 Å². The lowest BCUT2D eigenvalue weighted by Gasteiger charge is -2.24. The van der Waals surface area contributed by atoms with Crippen molar-refractivity contribution in [2.75, 3.05) is 23.9 Å². The summed E-state index contributed by atoms with van der Waals surface area (Å²) in [5.74, 6) is -0.180. The highest BCUT2D eigenvalue weighted by Gasteiger charge is 2.27. The van der Waals surface area contributed by atoms with Crippen molar-refractivity contribution in [1.82, 2.24) is 15.0 Å². The average molecular weight is 455 g/mol. The number of hydrogen-bond donors (Lipinski definition) is 0. The number of nitrogens with zero attached hydrogens (tertiary/aromatic N) is 4. The van der Waals surface area contributed by atoms with Crippen molar-refractivity contribution in [3.8, 4) is 11.4 Å². The Labute approximate surface area is 187 Å². The van der Waals surface area contributed by atoms with Gasteiger partial charge in [0.2, 0.25) is 5.82 Å². The molecule has 168 valence electrons. The second-order valence-electron chi connectivity index (χ2n) is 7.76. The first-order chi connectivity index (χ1) is 15.4. The summed E-state index contributed by atoms with van der Waals surface area (Å²) in [7, 11) is -3.82. The maximum absolute atomic E-state index is 13.5. The Morgan fingerprint density at radius 2 is 1.81 bits per heavy atom. The highest BCUT2D eigenvalue weighted by Crippen LogP contribution is 2.29. The van der Waals surface area contributed by atoms with E-state index in [0.29, 0.717) is 29.9 Å². The van der Waals surface area contributed by atoms with Crippen LogP contribution in [0.4, 0.5) is 5.69 Å². The zero-order valence-electron chi connectivity index (χ0n) is 18.2. The van der Waals surface area contributed by atoms with Gasteiger partial charge in [-0.25, -0.2) is 8.42 Å². The Morgan fingerprint density at radius 3 is 2.50 bits per heavy atom. The molecule has 0 aliphatic carbocycles. The van der Waals surface area contributed by atoms with Gasteiger partial charge in [0.05, 0.1) is 10.6 Å². The van der Waals surface area contributed by atoms with Crippen molar-refractivity contribution in [3.05, 3.63) is 60.0 Å². The van der Waals surface area contributed by atoms with Crippen LogP contribution in [0, 0.1) is 6.92 Å². The van der Waals surface area contributed by atoms with Gasteiger partial charge in [-0.2, -0.15) is 4.98 Å². The number of para-hydroxylation sites is 1. The zero-order chi connectivity index (χ0) is 22.7. The van der Waals surface area contributed by atoms with Crippen LogP contribution >= 0.6 is 0 Å². The summed E-state index contributed by atoms with van der Waals surface area (Å²) in [6, 6.07) is 13.9. The Hall–Kier alpha value is -3.20. The molecule has 0 spiro atoms. The molecule has 2 heterocycles. The molecule has 0 unspecified atom stereocenters. The number of sulfonamides is 1. The molecule has 3 aromatic rings. The van der Waals surface area contributed by atoms with Crippen LogP contribution in [-0.4, -0.2) is 49.0 Å². The number of anilines is 1. The number of aryl methyl sites for hydroxylation is 1. The van der Waals surface area contributed by atoms with Crippen LogP contribution < -0.4 is 4.31 Å². The van der Waals surface area contributed by atoms with Gasteiger partial charge < -0.3 is 9.42 Å². The molecule has 32 heavy (non-hydrogen) atoms. The first kappa shape index (κ1) is 22.0. The topological polar surface area (TPSA) is 96.6 Å². The van der Waals surface area contributed by atoms with Gasteiger partial charge in [0.25, 0.3) is 10.0 Å². The molecule has 1 aromatic heterocycles. The number of aromatic nitrogens is 2. The molecule has 0 radical (unpaired) electrons. The number of carbonyl (C=O) groups is 1. The third kappa shape index (κ3) is 4.25. The van der Waals surface area contributed by atoms with Crippen LogP contribution in [-0.2, 0) is 10.0 Å². The Bertz CT molecular complexity index is 1200. The van der Waals surface area contributed by atoms with Crippen LogP contribution in [0.5, 0.6) is 0 Å². The molecule has 0 N–H and O–H groups in total. The second kappa shape index (κ2) is 9.12. The third-order valence-corrected chi connectivity index (χ3v) is 7.64. The van der Waals surface area contributed by atoms with Crippen molar-refractivity contribution in [1.29, 1.82) is 0 Å². The monoisotopic (exact) mass is 454 g/mol. The van der Waals surface area contributed by atoms with E-state index in [0.717, 1.165) is 19.3 Å². The summed E-state index contributed by atoms with van der Waals surface area (Å²) < 4.78 is 33.6. The fourth-order valence-corrected chi connectivity index (χ4v) is 5.61. The summed E-state index contributed by atoms with van der Waals surface area (Å²) in [6.45, 7) is 5.18. The standard InChI is InChI=1S/C23H26N4O4S/c1-3-27(19-10-6-4-7-11-19)32(29,30)20-16-18(13-12-17(20)2)21-24-22(31-25-21)23(28)26-14-8-5-9-15-26/h4,6-7,10-13,16H,3,5,8-9,14-15H2,1-2H3. The summed E-state index contributed by atoms with van der Waals surface area (Å²) in [4.78, 5) is 18.8. The predicted octanol–water partition coefficient (Wildman–Crippen LogP) is 3.89. The fraction of sp³-hybridized carbons (Fsp3) is 0.348. The van der Waals surface area contributed by atoms with Gasteiger partial charge in [-0.15, -0.1) is 0 Å². The molecule has 2 aromatic carbocycles. The number of amides is 1. The first-order valence-corrected chi connectivity index (χ1v) is 12.2. The number of rotatable bonds is 6. The van der Waals surface area contributed by atoms with E-state index in [-0.39, 0.29) is 29.1 Å². The molecule has 4 rings (SSSR count). The maximum Gasteiger partial charge on any atom is 0.316 e. The van der Waals surface area contributed by atoms with Crippen molar-refractivity contribution in [2.45, 2.75) is 38.0 Å². The minimum absolute atomic E-state index is 0.0775. The Kier molecular flexibility index (Phi) is 6.27. The maximum atomic E-state index is 13.5. The van der Waals surface area contributed by atoms with Gasteiger partial charge in [-0.3, -0.25) is 9.10 Å². The molecule has 0 saturated carbocycles. The van der Waals surface area contributed by atoms with Crippen LogP contribution in [0.3, 0.4) is 0 Å². The average Bonchev–Trinajstić information content (AvgIpc) is 3.30. The Morgan fingerprint density at radius 1 is 1.09 bits per heavy atom. The molecule has 1 fully saturated rings. The van der Waals surface area contributed by atoms with Crippen molar-refractivity contribution < 1.29 is 17.7 Å². The molecule has 0 atom stereocenters. The normalized spacial score (nSPS) is 14.4. The third-order valence-electron chi connectivity index (χ3n) is 5.60. The molecular formula is C23H26N4O4S. The number of likely N-dealkylation sites (tertiary alicyclic amines) is 1. The number of piperidine rings is 1. The molecule has 9 heteroatoms. The highest BCUT2D eigenvalue weighted by molar-refractivity contribution is 7.92. The summed E-state index contributed by atoms with van der Waals surface area (Å²) in [6.07, 6.45) is 3.03. The van der Waals surface area contributed by atoms with Gasteiger partial charge in [-0.1, -0.05) is 35.5 Å². The van der Waals surface area contributed by atoms with E-state index in [2.05, 4.69) is 10.1 Å². The number of carbonyl (C=O) groups excluding carboxylic acids is 1. The van der Waals surface area contributed by atoms with Gasteiger partial charge in [0.1, 0.15) is 0 Å². The first-order valence-electron chi connectivity index (χ1n) is 10.7. The molecule has 1 amide bonds. The van der Waals surface area contributed by atoms with E-state index in [1.807, 2.05) is 6.07 Å². The lowest BCUT2D eigenvalue weighted by atomic mass is 10.1. The van der Waals surface area contributed by atoms with Crippen molar-refractivity contribution >= 4 is 21.6 Å². The SMILES string of the molecule is CCN(c1ccccc1)S(=O)(=O)c1cc(-c2noc(C(=O)N3CCCCC3)n2)ccc1C. The van der Waals surface area contributed by atoms with E-state index < -0.39 is 10.0 Å². The fourth-order valence-electron chi connectivity index (χ4n) is 3.88. The smallest absolute Gasteiger partial charge is 0.316 e. The minimum Gasteiger partial charge on any atom is -0.334 e. The summed E-state index contributed by atoms with van der Waals surface area (Å²) in [5.41, 5.74) is 1.67. The Balaban J connectivity index is 1.66. The molecule has 0 bridgehead atoms. The van der Waals surface area contributed by atoms with Gasteiger partial charge in [0.15, 0.2) is 0 Å². The summed E-state index contributed by atoms with van der Waals surface area (Å²) >= 11 is 0. The van der Waals surface area contributed by atoms with Crippen molar-refractivity contribution in [2.24, 2.45) is 0 Å². The van der Waals surface area contributed by atoms with Gasteiger partial charge in [0, 0.05) is 25.2 Å². The van der Waals surface area contributed by atoms with Crippen LogP contribution in [0.25, 0.3) is 11.4 Å². The lowest BCUT2D eigenvalue weighted by molar-refractivity contribution is 0.0674. The van der Waals surface area contributed by atoms with E-state index in [1.54, 1.807) is 55.1 Å². The molecule has 1 saturated heterocycles. The number of hydrogen-bond acceptors (Lipinski definition) is 6. The van der Waals surface area contributed by atoms with E-state index in [9.17, 15) is 13.2 Å².